The summed E-state index contributed by atoms with van der Waals surface area (Å²) in [4.78, 5) is 4.23. The van der Waals surface area contributed by atoms with Gasteiger partial charge >= 0.3 is 0 Å². The van der Waals surface area contributed by atoms with Crippen LogP contribution in [0.5, 0.6) is 11.5 Å². The zero-order chi connectivity index (χ0) is 13.6. The third kappa shape index (κ3) is 1.79. The number of nitrogens with zero attached hydrogens (tertiary/aromatic N) is 2. The number of hydrogen-bond acceptors (Lipinski definition) is 3. The largest absolute Gasteiger partial charge is 0.508 e. The SMILES string of the molecule is Cn1c(-c2cc(O)cc(O)c2)nc2c(F)cccc21. The monoisotopic (exact) mass is 258 g/mol. The second-order valence-corrected chi connectivity index (χ2v) is 4.34. The molecular formula is C14H11FN2O2. The van der Waals surface area contributed by atoms with E-state index >= 15 is 0 Å². The molecule has 96 valence electrons. The van der Waals surface area contributed by atoms with E-state index in [1.165, 1.54) is 24.3 Å². The fourth-order valence-electron chi connectivity index (χ4n) is 2.16. The van der Waals surface area contributed by atoms with Crippen molar-refractivity contribution < 1.29 is 14.6 Å². The molecule has 2 N–H and O–H groups in total. The number of aromatic hydroxyl groups is 2. The molecular weight excluding hydrogens is 247 g/mol. The Bertz CT molecular complexity index is 760. The highest BCUT2D eigenvalue weighted by Gasteiger charge is 2.13. The number of phenols is 2. The Morgan fingerprint density at radius 1 is 1.11 bits per heavy atom. The van der Waals surface area contributed by atoms with Crippen LogP contribution in [-0.2, 0) is 7.05 Å². The lowest BCUT2D eigenvalue weighted by atomic mass is 10.2. The van der Waals surface area contributed by atoms with Crippen LogP contribution >= 0.6 is 0 Å². The van der Waals surface area contributed by atoms with Gasteiger partial charge in [0.05, 0.1) is 5.52 Å². The summed E-state index contributed by atoms with van der Waals surface area (Å²) >= 11 is 0. The smallest absolute Gasteiger partial charge is 0.151 e. The van der Waals surface area contributed by atoms with Crippen molar-refractivity contribution in [2.75, 3.05) is 0 Å². The van der Waals surface area contributed by atoms with E-state index in [0.29, 0.717) is 16.9 Å². The maximum atomic E-state index is 13.7. The van der Waals surface area contributed by atoms with Gasteiger partial charge in [-0.15, -0.1) is 0 Å². The van der Waals surface area contributed by atoms with Gasteiger partial charge in [0.15, 0.2) is 5.82 Å². The van der Waals surface area contributed by atoms with Gasteiger partial charge in [-0.1, -0.05) is 6.07 Å². The fourth-order valence-corrected chi connectivity index (χ4v) is 2.16. The number of hydrogen-bond donors (Lipinski definition) is 2. The van der Waals surface area contributed by atoms with Crippen molar-refractivity contribution in [3.8, 4) is 22.9 Å². The first-order chi connectivity index (χ1) is 9.06. The van der Waals surface area contributed by atoms with E-state index in [9.17, 15) is 14.6 Å². The van der Waals surface area contributed by atoms with Crippen LogP contribution in [0.3, 0.4) is 0 Å². The van der Waals surface area contributed by atoms with Gasteiger partial charge in [-0.05, 0) is 24.3 Å². The van der Waals surface area contributed by atoms with E-state index in [2.05, 4.69) is 4.98 Å². The van der Waals surface area contributed by atoms with E-state index < -0.39 is 5.82 Å². The first kappa shape index (κ1) is 11.5. The zero-order valence-electron chi connectivity index (χ0n) is 10.1. The van der Waals surface area contributed by atoms with Crippen LogP contribution in [0.2, 0.25) is 0 Å². The predicted molar refractivity (Wildman–Crippen MR) is 69.4 cm³/mol. The number of halogens is 1. The Labute approximate surface area is 108 Å². The molecule has 0 saturated carbocycles. The third-order valence-electron chi connectivity index (χ3n) is 3.02. The van der Waals surface area contributed by atoms with E-state index in [4.69, 9.17) is 0 Å². The highest BCUT2D eigenvalue weighted by atomic mass is 19.1. The minimum Gasteiger partial charge on any atom is -0.508 e. The molecule has 0 bridgehead atoms. The summed E-state index contributed by atoms with van der Waals surface area (Å²) in [6.45, 7) is 0. The van der Waals surface area contributed by atoms with Gasteiger partial charge in [0, 0.05) is 18.7 Å². The van der Waals surface area contributed by atoms with Crippen LogP contribution in [0.1, 0.15) is 0 Å². The maximum Gasteiger partial charge on any atom is 0.151 e. The Morgan fingerprint density at radius 2 is 1.79 bits per heavy atom. The second-order valence-electron chi connectivity index (χ2n) is 4.34. The van der Waals surface area contributed by atoms with Crippen LogP contribution in [0.25, 0.3) is 22.4 Å². The number of fused-ring (bicyclic) bond motifs is 1. The standard InChI is InChI=1S/C14H11FN2O2/c1-17-12-4-2-3-11(15)13(12)16-14(17)8-5-9(18)7-10(19)6-8/h2-7,18-19H,1H3. The molecule has 0 unspecified atom stereocenters. The molecule has 0 spiro atoms. The average molecular weight is 258 g/mol. The molecule has 0 radical (unpaired) electrons. The Kier molecular flexibility index (Phi) is 2.41. The highest BCUT2D eigenvalue weighted by molar-refractivity contribution is 5.81. The highest BCUT2D eigenvalue weighted by Crippen LogP contribution is 2.30. The number of phenolic OH excluding ortho intramolecular Hbond substituents is 2. The van der Waals surface area contributed by atoms with Crippen molar-refractivity contribution in [2.24, 2.45) is 7.05 Å². The molecule has 0 fully saturated rings. The van der Waals surface area contributed by atoms with Crippen molar-refractivity contribution in [3.05, 3.63) is 42.2 Å². The summed E-state index contributed by atoms with van der Waals surface area (Å²) in [6, 6.07) is 8.89. The molecule has 0 saturated heterocycles. The van der Waals surface area contributed by atoms with Crippen LogP contribution < -0.4 is 0 Å². The lowest BCUT2D eigenvalue weighted by molar-refractivity contribution is 0.451. The third-order valence-corrected chi connectivity index (χ3v) is 3.02. The Hall–Kier alpha value is -2.56. The predicted octanol–water partition coefficient (Wildman–Crippen LogP) is 2.79. The zero-order valence-corrected chi connectivity index (χ0v) is 10.1. The lowest BCUT2D eigenvalue weighted by Crippen LogP contribution is -1.92. The molecule has 0 aliphatic heterocycles. The van der Waals surface area contributed by atoms with Crippen molar-refractivity contribution in [2.45, 2.75) is 0 Å². The molecule has 0 aliphatic rings. The summed E-state index contributed by atoms with van der Waals surface area (Å²) in [6.07, 6.45) is 0. The van der Waals surface area contributed by atoms with Gasteiger partial charge in [0.25, 0.3) is 0 Å². The van der Waals surface area contributed by atoms with Crippen LogP contribution in [0, 0.1) is 5.82 Å². The van der Waals surface area contributed by atoms with Gasteiger partial charge in [0.2, 0.25) is 0 Å². The number of imidazole rings is 1. The molecule has 2 aromatic carbocycles. The fraction of sp³-hybridized carbons (Fsp3) is 0.0714. The van der Waals surface area contributed by atoms with E-state index in [1.807, 2.05) is 0 Å². The molecule has 1 heterocycles. The van der Waals surface area contributed by atoms with Crippen molar-refractivity contribution in [3.63, 3.8) is 0 Å². The molecule has 3 aromatic rings. The summed E-state index contributed by atoms with van der Waals surface area (Å²) < 4.78 is 15.4. The maximum absolute atomic E-state index is 13.7. The molecule has 5 heteroatoms. The molecule has 3 rings (SSSR count). The number of rotatable bonds is 1. The number of aromatic nitrogens is 2. The number of para-hydroxylation sites is 1. The normalized spacial score (nSPS) is 11.1. The van der Waals surface area contributed by atoms with E-state index in [0.717, 1.165) is 0 Å². The van der Waals surface area contributed by atoms with Crippen LogP contribution in [0.15, 0.2) is 36.4 Å². The summed E-state index contributed by atoms with van der Waals surface area (Å²) in [7, 11) is 1.76. The molecule has 1 aromatic heterocycles. The summed E-state index contributed by atoms with van der Waals surface area (Å²) in [5, 5.41) is 19.0. The molecule has 0 atom stereocenters. The number of aryl methyl sites for hydroxylation is 1. The van der Waals surface area contributed by atoms with E-state index in [1.54, 1.807) is 23.7 Å². The van der Waals surface area contributed by atoms with Crippen LogP contribution in [-0.4, -0.2) is 19.8 Å². The Morgan fingerprint density at radius 3 is 2.42 bits per heavy atom. The second kappa shape index (κ2) is 3.98. The van der Waals surface area contributed by atoms with Crippen molar-refractivity contribution in [1.29, 1.82) is 0 Å². The summed E-state index contributed by atoms with van der Waals surface area (Å²) in [5.41, 5.74) is 1.44. The van der Waals surface area contributed by atoms with Crippen LogP contribution in [0.4, 0.5) is 4.39 Å². The topological polar surface area (TPSA) is 58.3 Å². The summed E-state index contributed by atoms with van der Waals surface area (Å²) in [5.74, 6) is -0.0555. The Balaban J connectivity index is 2.31. The lowest BCUT2D eigenvalue weighted by Gasteiger charge is -2.04. The number of benzene rings is 2. The molecule has 0 amide bonds. The van der Waals surface area contributed by atoms with Gasteiger partial charge < -0.3 is 14.8 Å². The van der Waals surface area contributed by atoms with Crippen molar-refractivity contribution in [1.82, 2.24) is 9.55 Å². The van der Waals surface area contributed by atoms with Crippen molar-refractivity contribution >= 4 is 11.0 Å². The minimum atomic E-state index is -0.399. The van der Waals surface area contributed by atoms with Gasteiger partial charge in [-0.2, -0.15) is 0 Å². The first-order valence-corrected chi connectivity index (χ1v) is 5.70. The first-order valence-electron chi connectivity index (χ1n) is 5.70. The molecule has 19 heavy (non-hydrogen) atoms. The quantitative estimate of drug-likeness (QED) is 0.705. The molecule has 4 nitrogen and oxygen atoms in total. The average Bonchev–Trinajstić information content (AvgIpc) is 2.68. The minimum absolute atomic E-state index is 0.0671. The van der Waals surface area contributed by atoms with Gasteiger partial charge in [0.1, 0.15) is 22.8 Å². The van der Waals surface area contributed by atoms with Gasteiger partial charge in [-0.3, -0.25) is 0 Å². The molecule has 0 aliphatic carbocycles. The van der Waals surface area contributed by atoms with Gasteiger partial charge in [-0.25, -0.2) is 9.37 Å². The van der Waals surface area contributed by atoms with E-state index in [-0.39, 0.29) is 17.0 Å².